The Bertz CT molecular complexity index is 793. The van der Waals surface area contributed by atoms with Gasteiger partial charge in [0.1, 0.15) is 4.90 Å². The van der Waals surface area contributed by atoms with Gasteiger partial charge in [-0.15, -0.1) is 4.28 Å². The molecule has 2 aromatic carbocycles. The van der Waals surface area contributed by atoms with Crippen LogP contribution in [-0.2, 0) is 20.8 Å². The van der Waals surface area contributed by atoms with E-state index in [1.54, 1.807) is 0 Å². The van der Waals surface area contributed by atoms with Gasteiger partial charge >= 0.3 is 10.1 Å². The molecule has 1 heterocycles. The van der Waals surface area contributed by atoms with E-state index in [0.717, 1.165) is 17.7 Å². The third kappa shape index (κ3) is 2.87. The van der Waals surface area contributed by atoms with Gasteiger partial charge in [-0.2, -0.15) is 8.42 Å². The van der Waals surface area contributed by atoms with Crippen LogP contribution in [0.5, 0.6) is 0 Å². The predicted octanol–water partition coefficient (Wildman–Crippen LogP) is 3.68. The van der Waals surface area contributed by atoms with E-state index < -0.39 is 10.1 Å². The largest absolute Gasteiger partial charge is 0.319 e. The summed E-state index contributed by atoms with van der Waals surface area (Å²) in [6.45, 7) is 0.469. The van der Waals surface area contributed by atoms with Gasteiger partial charge in [-0.05, 0) is 36.2 Å². The number of anilines is 1. The molecular formula is C14H11Cl2NO3S. The van der Waals surface area contributed by atoms with Crippen molar-refractivity contribution in [3.63, 3.8) is 0 Å². The van der Waals surface area contributed by atoms with Crippen molar-refractivity contribution in [1.82, 2.24) is 0 Å². The van der Waals surface area contributed by atoms with E-state index in [4.69, 9.17) is 27.5 Å². The molecule has 0 aromatic heterocycles. The summed E-state index contributed by atoms with van der Waals surface area (Å²) in [7, 11) is -4.03. The van der Waals surface area contributed by atoms with E-state index >= 15 is 0 Å². The normalized spacial score (nSPS) is 14.3. The Labute approximate surface area is 132 Å². The van der Waals surface area contributed by atoms with Gasteiger partial charge in [0, 0.05) is 5.02 Å². The number of fused-ring (bicyclic) bond motifs is 1. The van der Waals surface area contributed by atoms with Crippen LogP contribution >= 0.6 is 23.2 Å². The highest BCUT2D eigenvalue weighted by molar-refractivity contribution is 7.87. The van der Waals surface area contributed by atoms with Crippen molar-refractivity contribution in [2.45, 2.75) is 11.3 Å². The molecule has 7 heteroatoms. The molecule has 0 radical (unpaired) electrons. The predicted molar refractivity (Wildman–Crippen MR) is 82.2 cm³/mol. The minimum Gasteiger partial charge on any atom is -0.236 e. The highest BCUT2D eigenvalue weighted by Gasteiger charge is 2.28. The summed E-state index contributed by atoms with van der Waals surface area (Å²) in [6, 6.07) is 11.7. The maximum absolute atomic E-state index is 12.4. The van der Waals surface area contributed by atoms with Crippen molar-refractivity contribution in [1.29, 1.82) is 0 Å². The summed E-state index contributed by atoms with van der Waals surface area (Å²) in [6.07, 6.45) is 0.731. The molecule has 0 unspecified atom stereocenters. The van der Waals surface area contributed by atoms with E-state index in [-0.39, 0.29) is 14.9 Å². The molecule has 21 heavy (non-hydrogen) atoms. The van der Waals surface area contributed by atoms with Gasteiger partial charge in [0.25, 0.3) is 0 Å². The van der Waals surface area contributed by atoms with Crippen LogP contribution in [0, 0.1) is 0 Å². The van der Waals surface area contributed by atoms with Crippen LogP contribution in [0.3, 0.4) is 0 Å². The van der Waals surface area contributed by atoms with Crippen LogP contribution < -0.4 is 5.06 Å². The van der Waals surface area contributed by atoms with Crippen LogP contribution in [0.4, 0.5) is 5.69 Å². The molecule has 0 saturated heterocycles. The lowest BCUT2D eigenvalue weighted by atomic mass is 10.2. The van der Waals surface area contributed by atoms with E-state index in [2.05, 4.69) is 0 Å². The SMILES string of the molecule is O=S(=O)(ON1CCc2ccccc21)c1cc(Cl)ccc1Cl. The number of rotatable bonds is 3. The Kier molecular flexibility index (Phi) is 3.84. The van der Waals surface area contributed by atoms with Crippen molar-refractivity contribution in [2.24, 2.45) is 0 Å². The molecule has 1 aliphatic rings. The highest BCUT2D eigenvalue weighted by Crippen LogP contribution is 2.32. The maximum atomic E-state index is 12.4. The van der Waals surface area contributed by atoms with E-state index in [0.29, 0.717) is 6.54 Å². The molecule has 0 fully saturated rings. The second-order valence-electron chi connectivity index (χ2n) is 4.58. The average molecular weight is 344 g/mol. The van der Waals surface area contributed by atoms with Gasteiger partial charge < -0.3 is 0 Å². The van der Waals surface area contributed by atoms with Crippen LogP contribution in [0.25, 0.3) is 0 Å². The second-order valence-corrected chi connectivity index (χ2v) is 6.93. The van der Waals surface area contributed by atoms with E-state index in [9.17, 15) is 8.42 Å². The van der Waals surface area contributed by atoms with Crippen LogP contribution in [0.1, 0.15) is 5.56 Å². The summed E-state index contributed by atoms with van der Waals surface area (Å²) in [5.74, 6) is 0. The quantitative estimate of drug-likeness (QED) is 0.852. The molecule has 0 atom stereocenters. The summed E-state index contributed by atoms with van der Waals surface area (Å²) in [5, 5.41) is 1.72. The second kappa shape index (κ2) is 5.50. The van der Waals surface area contributed by atoms with Crippen LogP contribution in [0.15, 0.2) is 47.4 Å². The minimum atomic E-state index is -4.03. The zero-order valence-corrected chi connectivity index (χ0v) is 13.1. The zero-order chi connectivity index (χ0) is 15.0. The monoisotopic (exact) mass is 343 g/mol. The molecule has 110 valence electrons. The fourth-order valence-electron chi connectivity index (χ4n) is 2.21. The van der Waals surface area contributed by atoms with Crippen molar-refractivity contribution in [3.8, 4) is 0 Å². The van der Waals surface area contributed by atoms with Crippen molar-refractivity contribution in [3.05, 3.63) is 58.1 Å². The summed E-state index contributed by atoms with van der Waals surface area (Å²) in [5.41, 5.74) is 1.80. The molecule has 4 nitrogen and oxygen atoms in total. The third-order valence-corrected chi connectivity index (χ3v) is 5.12. The third-order valence-electron chi connectivity index (χ3n) is 3.20. The number of para-hydroxylation sites is 1. The summed E-state index contributed by atoms with van der Waals surface area (Å²) >= 11 is 11.8. The minimum absolute atomic E-state index is 0.0758. The lowest BCUT2D eigenvalue weighted by molar-refractivity contribution is 0.292. The highest BCUT2D eigenvalue weighted by atomic mass is 35.5. The number of nitrogens with zero attached hydrogens (tertiary/aromatic N) is 1. The molecule has 0 aliphatic carbocycles. The van der Waals surface area contributed by atoms with Gasteiger partial charge in [-0.25, -0.2) is 5.06 Å². The Morgan fingerprint density at radius 1 is 1.10 bits per heavy atom. The fraction of sp³-hybridized carbons (Fsp3) is 0.143. The van der Waals surface area contributed by atoms with Gasteiger partial charge in [0.05, 0.1) is 17.3 Å². The van der Waals surface area contributed by atoms with Crippen molar-refractivity contribution in [2.75, 3.05) is 11.6 Å². The summed E-state index contributed by atoms with van der Waals surface area (Å²) < 4.78 is 29.9. The Morgan fingerprint density at radius 2 is 1.86 bits per heavy atom. The van der Waals surface area contributed by atoms with E-state index in [1.165, 1.54) is 23.3 Å². The first kappa shape index (κ1) is 14.7. The molecule has 3 rings (SSSR count). The smallest absolute Gasteiger partial charge is 0.236 e. The average Bonchev–Trinajstić information content (AvgIpc) is 2.84. The number of benzene rings is 2. The Hall–Kier alpha value is -1.27. The summed E-state index contributed by atoms with van der Waals surface area (Å²) in [4.78, 5) is -0.138. The molecule has 0 N–H and O–H groups in total. The zero-order valence-electron chi connectivity index (χ0n) is 10.8. The first-order valence-corrected chi connectivity index (χ1v) is 8.39. The molecule has 0 spiro atoms. The molecule has 0 saturated carbocycles. The maximum Gasteiger partial charge on any atom is 0.319 e. The lowest BCUT2D eigenvalue weighted by Gasteiger charge is -2.18. The van der Waals surface area contributed by atoms with Gasteiger partial charge in [-0.1, -0.05) is 41.4 Å². The fourth-order valence-corrected chi connectivity index (χ4v) is 3.90. The number of hydrogen-bond acceptors (Lipinski definition) is 4. The topological polar surface area (TPSA) is 46.6 Å². The first-order valence-electron chi connectivity index (χ1n) is 6.22. The number of halogens is 2. The van der Waals surface area contributed by atoms with Gasteiger partial charge in [0.15, 0.2) is 0 Å². The Balaban J connectivity index is 1.93. The molecule has 0 amide bonds. The van der Waals surface area contributed by atoms with E-state index in [1.807, 2.05) is 24.3 Å². The van der Waals surface area contributed by atoms with Crippen LogP contribution in [-0.4, -0.2) is 15.0 Å². The molecule has 0 bridgehead atoms. The standard InChI is InChI=1S/C14H11Cl2NO3S/c15-11-5-6-12(16)14(9-11)21(18,19)20-17-8-7-10-3-1-2-4-13(10)17/h1-6,9H,7-8H2. The Morgan fingerprint density at radius 3 is 2.67 bits per heavy atom. The van der Waals surface area contributed by atoms with Gasteiger partial charge in [-0.3, -0.25) is 0 Å². The number of hydrogen-bond donors (Lipinski definition) is 0. The van der Waals surface area contributed by atoms with Crippen molar-refractivity contribution >= 4 is 39.0 Å². The van der Waals surface area contributed by atoms with Gasteiger partial charge in [0.2, 0.25) is 0 Å². The molecule has 2 aromatic rings. The lowest BCUT2D eigenvalue weighted by Crippen LogP contribution is -2.25. The van der Waals surface area contributed by atoms with Crippen molar-refractivity contribution < 1.29 is 12.7 Å². The first-order chi connectivity index (χ1) is 9.97. The molecular weight excluding hydrogens is 333 g/mol. The molecule has 1 aliphatic heterocycles. The number of hydroxylamine groups is 1. The van der Waals surface area contributed by atoms with Crippen LogP contribution in [0.2, 0.25) is 10.0 Å².